The van der Waals surface area contributed by atoms with Gasteiger partial charge < -0.3 is 10.0 Å². The summed E-state index contributed by atoms with van der Waals surface area (Å²) in [6.45, 7) is 0. The lowest BCUT2D eigenvalue weighted by Gasteiger charge is -2.34. The number of hydrogen-bond acceptors (Lipinski definition) is 2. The van der Waals surface area contributed by atoms with E-state index in [2.05, 4.69) is 5.92 Å². The van der Waals surface area contributed by atoms with E-state index < -0.39 is 6.10 Å². The fraction of sp³-hybridized carbons (Fsp3) is 0.700. The molecule has 1 fully saturated rings. The molecule has 0 unspecified atom stereocenters. The van der Waals surface area contributed by atoms with Gasteiger partial charge in [-0.25, -0.2) is 0 Å². The lowest BCUT2D eigenvalue weighted by molar-refractivity contribution is -0.129. The molecule has 1 aliphatic rings. The van der Waals surface area contributed by atoms with E-state index >= 15 is 0 Å². The maximum atomic E-state index is 11.1. The number of aliphatic hydroxyl groups is 1. The Bertz CT molecular complexity index is 232. The van der Waals surface area contributed by atoms with Crippen LogP contribution in [-0.4, -0.2) is 35.1 Å². The lowest BCUT2D eigenvalue weighted by Crippen LogP contribution is -2.45. The minimum Gasteiger partial charge on any atom is -0.391 e. The van der Waals surface area contributed by atoms with Crippen LogP contribution in [0, 0.1) is 12.3 Å². The smallest absolute Gasteiger partial charge is 0.298 e. The molecule has 2 atom stereocenters. The number of aliphatic hydroxyl groups excluding tert-OH is 1. The highest BCUT2D eigenvalue weighted by Gasteiger charge is 2.28. The van der Waals surface area contributed by atoms with Crippen molar-refractivity contribution in [3.63, 3.8) is 0 Å². The van der Waals surface area contributed by atoms with Crippen LogP contribution >= 0.6 is 0 Å². The summed E-state index contributed by atoms with van der Waals surface area (Å²) in [6, 6.07) is -0.0858. The molecule has 1 saturated carbocycles. The Balaban J connectivity index is 2.59. The first-order chi connectivity index (χ1) is 6.16. The van der Waals surface area contributed by atoms with E-state index in [1.165, 1.54) is 4.90 Å². The Kier molecular flexibility index (Phi) is 3.32. The van der Waals surface area contributed by atoms with Gasteiger partial charge in [0, 0.05) is 7.05 Å². The SMILES string of the molecule is C#CC(=O)N(C)[C@@H]1CCCC[C@H]1O. The predicted molar refractivity (Wildman–Crippen MR) is 49.9 cm³/mol. The largest absolute Gasteiger partial charge is 0.391 e. The van der Waals surface area contributed by atoms with Crippen molar-refractivity contribution in [1.29, 1.82) is 0 Å². The number of amides is 1. The van der Waals surface area contributed by atoms with E-state index in [1.54, 1.807) is 7.05 Å². The molecule has 0 radical (unpaired) electrons. The highest BCUT2D eigenvalue weighted by molar-refractivity contribution is 5.92. The molecule has 1 aliphatic carbocycles. The van der Waals surface area contributed by atoms with Gasteiger partial charge in [0.15, 0.2) is 0 Å². The first-order valence-corrected chi connectivity index (χ1v) is 4.58. The van der Waals surface area contributed by atoms with Crippen LogP contribution in [0.5, 0.6) is 0 Å². The molecule has 0 bridgehead atoms. The number of terminal acetylenes is 1. The molecule has 13 heavy (non-hydrogen) atoms. The van der Waals surface area contributed by atoms with Crippen molar-refractivity contribution < 1.29 is 9.90 Å². The second-order valence-corrected chi connectivity index (χ2v) is 3.48. The summed E-state index contributed by atoms with van der Waals surface area (Å²) in [4.78, 5) is 12.6. The van der Waals surface area contributed by atoms with Gasteiger partial charge in [0.1, 0.15) is 0 Å². The molecular formula is C10H15NO2. The molecule has 0 aromatic rings. The van der Waals surface area contributed by atoms with Gasteiger partial charge in [-0.15, -0.1) is 6.42 Å². The number of hydrogen-bond donors (Lipinski definition) is 1. The third-order valence-corrected chi connectivity index (χ3v) is 2.64. The molecule has 0 heterocycles. The van der Waals surface area contributed by atoms with Crippen molar-refractivity contribution in [1.82, 2.24) is 4.90 Å². The zero-order valence-electron chi connectivity index (χ0n) is 7.86. The molecule has 72 valence electrons. The minimum absolute atomic E-state index is 0.0858. The second kappa shape index (κ2) is 4.29. The highest BCUT2D eigenvalue weighted by Crippen LogP contribution is 2.22. The Morgan fingerprint density at radius 2 is 2.15 bits per heavy atom. The first-order valence-electron chi connectivity index (χ1n) is 4.58. The van der Waals surface area contributed by atoms with E-state index in [0.717, 1.165) is 25.7 Å². The minimum atomic E-state index is -0.406. The maximum absolute atomic E-state index is 11.1. The number of carbonyl (C=O) groups excluding carboxylic acids is 1. The zero-order valence-corrected chi connectivity index (χ0v) is 7.86. The van der Waals surface area contributed by atoms with Crippen LogP contribution in [-0.2, 0) is 4.79 Å². The third-order valence-electron chi connectivity index (χ3n) is 2.64. The monoisotopic (exact) mass is 181 g/mol. The van der Waals surface area contributed by atoms with Gasteiger partial charge in [0.2, 0.25) is 0 Å². The van der Waals surface area contributed by atoms with Crippen LogP contribution < -0.4 is 0 Å². The predicted octanol–water partition coefficient (Wildman–Crippen LogP) is 0.382. The van der Waals surface area contributed by atoms with Crippen LogP contribution in [0.25, 0.3) is 0 Å². The summed E-state index contributed by atoms with van der Waals surface area (Å²) in [5, 5.41) is 9.62. The normalized spacial score (nSPS) is 27.8. The van der Waals surface area contributed by atoms with Crippen LogP contribution in [0.4, 0.5) is 0 Å². The third kappa shape index (κ3) is 2.22. The molecule has 1 N–H and O–H groups in total. The summed E-state index contributed by atoms with van der Waals surface area (Å²) in [5.41, 5.74) is 0. The van der Waals surface area contributed by atoms with Crippen molar-refractivity contribution in [2.75, 3.05) is 7.05 Å². The zero-order chi connectivity index (χ0) is 9.84. The quantitative estimate of drug-likeness (QED) is 0.594. The van der Waals surface area contributed by atoms with Gasteiger partial charge in [0.05, 0.1) is 12.1 Å². The van der Waals surface area contributed by atoms with Crippen molar-refractivity contribution in [3.8, 4) is 12.3 Å². The van der Waals surface area contributed by atoms with Gasteiger partial charge in [-0.2, -0.15) is 0 Å². The summed E-state index contributed by atoms with van der Waals surface area (Å²) in [5.74, 6) is 1.72. The van der Waals surface area contributed by atoms with Crippen molar-refractivity contribution in [2.24, 2.45) is 0 Å². The van der Waals surface area contributed by atoms with E-state index in [0.29, 0.717) is 0 Å². The number of nitrogens with zero attached hydrogens (tertiary/aromatic N) is 1. The summed E-state index contributed by atoms with van der Waals surface area (Å²) in [7, 11) is 1.65. The number of carbonyl (C=O) groups is 1. The van der Waals surface area contributed by atoms with Crippen LogP contribution in [0.3, 0.4) is 0 Å². The van der Waals surface area contributed by atoms with Gasteiger partial charge in [-0.05, 0) is 18.8 Å². The highest BCUT2D eigenvalue weighted by atomic mass is 16.3. The average molecular weight is 181 g/mol. The molecule has 3 nitrogen and oxygen atoms in total. The molecule has 0 aromatic carbocycles. The van der Waals surface area contributed by atoms with Gasteiger partial charge in [0.25, 0.3) is 5.91 Å². The van der Waals surface area contributed by atoms with Gasteiger partial charge in [-0.3, -0.25) is 4.79 Å². The van der Waals surface area contributed by atoms with Crippen molar-refractivity contribution in [2.45, 2.75) is 37.8 Å². The molecule has 0 aliphatic heterocycles. The van der Waals surface area contributed by atoms with Gasteiger partial charge >= 0.3 is 0 Å². The van der Waals surface area contributed by atoms with Crippen molar-refractivity contribution >= 4 is 5.91 Å². The maximum Gasteiger partial charge on any atom is 0.298 e. The number of rotatable bonds is 1. The molecular weight excluding hydrogens is 166 g/mol. The number of likely N-dealkylation sites (N-methyl/N-ethyl adjacent to an activating group) is 1. The van der Waals surface area contributed by atoms with Gasteiger partial charge in [-0.1, -0.05) is 12.8 Å². The van der Waals surface area contributed by atoms with E-state index in [4.69, 9.17) is 6.42 Å². The lowest BCUT2D eigenvalue weighted by atomic mass is 9.91. The fourth-order valence-electron chi connectivity index (χ4n) is 1.80. The molecule has 0 saturated heterocycles. The van der Waals surface area contributed by atoms with Crippen LogP contribution in [0.1, 0.15) is 25.7 Å². The van der Waals surface area contributed by atoms with Crippen LogP contribution in [0.2, 0.25) is 0 Å². The first kappa shape index (κ1) is 10.1. The Hall–Kier alpha value is -1.01. The van der Waals surface area contributed by atoms with E-state index in [9.17, 15) is 9.90 Å². The average Bonchev–Trinajstić information content (AvgIpc) is 2.16. The summed E-state index contributed by atoms with van der Waals surface area (Å²) in [6.07, 6.45) is 8.32. The van der Waals surface area contributed by atoms with E-state index in [1.807, 2.05) is 0 Å². The summed E-state index contributed by atoms with van der Waals surface area (Å²) < 4.78 is 0. The topological polar surface area (TPSA) is 40.5 Å². The molecule has 0 aromatic heterocycles. The fourth-order valence-corrected chi connectivity index (χ4v) is 1.80. The summed E-state index contributed by atoms with van der Waals surface area (Å²) >= 11 is 0. The molecule has 1 amide bonds. The molecule has 0 spiro atoms. The van der Waals surface area contributed by atoms with Crippen molar-refractivity contribution in [3.05, 3.63) is 0 Å². The molecule has 1 rings (SSSR count). The Labute approximate surface area is 78.7 Å². The Morgan fingerprint density at radius 3 is 2.69 bits per heavy atom. The Morgan fingerprint density at radius 1 is 1.54 bits per heavy atom. The molecule has 3 heteroatoms. The van der Waals surface area contributed by atoms with E-state index in [-0.39, 0.29) is 11.9 Å². The second-order valence-electron chi connectivity index (χ2n) is 3.48. The standard InChI is InChI=1S/C10H15NO2/c1-3-10(13)11(2)8-6-4-5-7-9(8)12/h1,8-9,12H,4-7H2,2H3/t8-,9-/m1/s1. The van der Waals surface area contributed by atoms with Crippen LogP contribution in [0.15, 0.2) is 0 Å².